The molecular weight excluding hydrogens is 527 g/mol. The average molecular weight is 554 g/mol. The smallest absolute Gasteiger partial charge is 0.0786 e. The summed E-state index contributed by atoms with van der Waals surface area (Å²) < 4.78 is 2.69. The molecule has 2 heteroatoms. The van der Waals surface area contributed by atoms with Crippen LogP contribution in [0.1, 0.15) is 25.0 Å². The molecule has 0 spiro atoms. The topological polar surface area (TPSA) is 12.9 Å². The van der Waals surface area contributed by atoms with Crippen LogP contribution in [-0.2, 0) is 5.41 Å². The van der Waals surface area contributed by atoms with Crippen molar-refractivity contribution in [2.75, 3.05) is 0 Å². The van der Waals surface area contributed by atoms with Crippen molar-refractivity contribution >= 4 is 53.2 Å². The first-order chi connectivity index (χ1) is 20.6. The van der Waals surface area contributed by atoms with Gasteiger partial charge >= 0.3 is 0 Å². The van der Waals surface area contributed by atoms with E-state index in [1.165, 1.54) is 80.8 Å². The molecule has 1 aliphatic rings. The molecule has 0 aliphatic heterocycles. The quantitative estimate of drug-likeness (QED) is 0.194. The van der Waals surface area contributed by atoms with Crippen molar-refractivity contribution < 1.29 is 0 Å². The molecule has 1 aliphatic carbocycles. The molecule has 42 heavy (non-hydrogen) atoms. The summed E-state index contributed by atoms with van der Waals surface area (Å²) in [5, 5.41) is 6.33. The summed E-state index contributed by atoms with van der Waals surface area (Å²) in [4.78, 5) is 4.80. The second kappa shape index (κ2) is 8.61. The van der Waals surface area contributed by atoms with Gasteiger partial charge in [-0.25, -0.2) is 0 Å². The van der Waals surface area contributed by atoms with Gasteiger partial charge in [0, 0.05) is 42.6 Å². The van der Waals surface area contributed by atoms with Crippen LogP contribution in [-0.4, -0.2) is 4.98 Å². The predicted molar refractivity (Wildman–Crippen MR) is 181 cm³/mol. The first-order valence-corrected chi connectivity index (χ1v) is 15.4. The Morgan fingerprint density at radius 1 is 0.524 bits per heavy atom. The highest BCUT2D eigenvalue weighted by Crippen LogP contribution is 2.51. The highest BCUT2D eigenvalue weighted by Gasteiger charge is 2.36. The van der Waals surface area contributed by atoms with E-state index in [0.717, 1.165) is 5.52 Å². The zero-order chi connectivity index (χ0) is 28.0. The molecule has 6 aromatic carbocycles. The molecule has 2 heterocycles. The lowest BCUT2D eigenvalue weighted by molar-refractivity contribution is 0.661. The van der Waals surface area contributed by atoms with Gasteiger partial charge in [-0.15, -0.1) is 11.3 Å². The van der Waals surface area contributed by atoms with E-state index in [1.807, 2.05) is 23.6 Å². The molecular formula is C40H27NS. The van der Waals surface area contributed by atoms with Gasteiger partial charge in [-0.1, -0.05) is 105 Å². The number of benzene rings is 6. The first kappa shape index (κ1) is 23.9. The summed E-state index contributed by atoms with van der Waals surface area (Å²) in [7, 11) is 0. The van der Waals surface area contributed by atoms with E-state index in [0.29, 0.717) is 0 Å². The van der Waals surface area contributed by atoms with E-state index < -0.39 is 0 Å². The van der Waals surface area contributed by atoms with Gasteiger partial charge in [0.15, 0.2) is 0 Å². The van der Waals surface area contributed by atoms with Crippen molar-refractivity contribution in [3.63, 3.8) is 0 Å². The molecule has 0 unspecified atom stereocenters. The number of pyridine rings is 1. The lowest BCUT2D eigenvalue weighted by Gasteiger charge is -2.23. The molecule has 0 radical (unpaired) electrons. The number of hydrogen-bond acceptors (Lipinski definition) is 2. The Kier molecular flexibility index (Phi) is 4.89. The molecule has 0 bridgehead atoms. The van der Waals surface area contributed by atoms with Crippen LogP contribution in [0.4, 0.5) is 0 Å². The zero-order valence-corrected chi connectivity index (χ0v) is 24.3. The van der Waals surface area contributed by atoms with Crippen molar-refractivity contribution in [2.45, 2.75) is 19.3 Å². The fourth-order valence-electron chi connectivity index (χ4n) is 7.24. The molecule has 0 saturated carbocycles. The van der Waals surface area contributed by atoms with E-state index in [1.54, 1.807) is 0 Å². The van der Waals surface area contributed by atoms with Crippen LogP contribution in [0.2, 0.25) is 0 Å². The number of hydrogen-bond donors (Lipinski definition) is 0. The number of thiophene rings is 1. The van der Waals surface area contributed by atoms with Crippen LogP contribution >= 0.6 is 11.3 Å². The summed E-state index contributed by atoms with van der Waals surface area (Å²) in [6.45, 7) is 4.76. The third kappa shape index (κ3) is 3.27. The molecule has 2 aromatic heterocycles. The van der Waals surface area contributed by atoms with E-state index in [4.69, 9.17) is 4.98 Å². The second-order valence-corrected chi connectivity index (χ2v) is 13.1. The lowest BCUT2D eigenvalue weighted by Crippen LogP contribution is -2.15. The second-order valence-electron chi connectivity index (χ2n) is 12.0. The Balaban J connectivity index is 1.21. The van der Waals surface area contributed by atoms with Crippen LogP contribution in [0.3, 0.4) is 0 Å². The molecule has 0 fully saturated rings. The van der Waals surface area contributed by atoms with Crippen LogP contribution in [0.25, 0.3) is 75.2 Å². The highest BCUT2D eigenvalue weighted by molar-refractivity contribution is 7.25. The SMILES string of the molecule is CC1(C)c2cc(-c3cccc4sc5ccccc5c34)ccc2-c2ccc(-c3cccc4ccc5cccnc5c34)cc21. The van der Waals surface area contributed by atoms with Gasteiger partial charge in [0.1, 0.15) is 0 Å². The maximum absolute atomic E-state index is 4.80. The fraction of sp³-hybridized carbons (Fsp3) is 0.0750. The van der Waals surface area contributed by atoms with Gasteiger partial charge in [-0.05, 0) is 80.2 Å². The first-order valence-electron chi connectivity index (χ1n) is 14.5. The maximum Gasteiger partial charge on any atom is 0.0786 e. The van der Waals surface area contributed by atoms with E-state index >= 15 is 0 Å². The monoisotopic (exact) mass is 553 g/mol. The molecule has 0 saturated heterocycles. The molecule has 9 rings (SSSR count). The minimum atomic E-state index is -0.119. The Morgan fingerprint density at radius 3 is 1.95 bits per heavy atom. The predicted octanol–water partition coefficient (Wildman–Crippen LogP) is 11.4. The van der Waals surface area contributed by atoms with Crippen molar-refractivity contribution in [1.82, 2.24) is 4.98 Å². The number of aromatic nitrogens is 1. The number of fused-ring (bicyclic) bond motifs is 9. The Hall–Kier alpha value is -4.79. The minimum absolute atomic E-state index is 0.119. The van der Waals surface area contributed by atoms with Gasteiger partial charge < -0.3 is 0 Å². The fourth-order valence-corrected chi connectivity index (χ4v) is 8.37. The van der Waals surface area contributed by atoms with Crippen LogP contribution in [0, 0.1) is 0 Å². The van der Waals surface area contributed by atoms with E-state index in [-0.39, 0.29) is 5.41 Å². The normalized spacial score (nSPS) is 13.7. The lowest BCUT2D eigenvalue weighted by atomic mass is 9.80. The Morgan fingerprint density at radius 2 is 1.17 bits per heavy atom. The van der Waals surface area contributed by atoms with Gasteiger partial charge in [-0.3, -0.25) is 4.98 Å². The van der Waals surface area contributed by atoms with Crippen molar-refractivity contribution in [1.29, 1.82) is 0 Å². The van der Waals surface area contributed by atoms with Gasteiger partial charge in [0.05, 0.1) is 5.52 Å². The standard InChI is InChI=1S/C40H27NS/c1-40(2)33-22-26(28-11-5-8-24-15-16-25-9-7-21-41-39(25)37(24)28)17-19-30(33)31-20-18-27(23-34(31)40)29-12-6-14-36-38(29)32-10-3-4-13-35(32)42-36/h3-23H,1-2H3. The zero-order valence-electron chi connectivity index (χ0n) is 23.5. The summed E-state index contributed by atoms with van der Waals surface area (Å²) in [5.41, 5.74) is 11.5. The largest absolute Gasteiger partial charge is 0.256 e. The third-order valence-electron chi connectivity index (χ3n) is 9.32. The van der Waals surface area contributed by atoms with Gasteiger partial charge in [0.2, 0.25) is 0 Å². The van der Waals surface area contributed by atoms with E-state index in [9.17, 15) is 0 Å². The maximum atomic E-state index is 4.80. The molecule has 0 N–H and O–H groups in total. The van der Waals surface area contributed by atoms with Gasteiger partial charge in [-0.2, -0.15) is 0 Å². The molecule has 1 nitrogen and oxygen atoms in total. The third-order valence-corrected chi connectivity index (χ3v) is 10.5. The summed E-state index contributed by atoms with van der Waals surface area (Å²) >= 11 is 1.88. The van der Waals surface area contributed by atoms with Crippen LogP contribution in [0.5, 0.6) is 0 Å². The van der Waals surface area contributed by atoms with E-state index in [2.05, 4.69) is 129 Å². The summed E-state index contributed by atoms with van der Waals surface area (Å²) in [6, 6.07) is 44.9. The van der Waals surface area contributed by atoms with Crippen molar-refractivity contribution in [3.8, 4) is 33.4 Å². The van der Waals surface area contributed by atoms with Crippen LogP contribution < -0.4 is 0 Å². The number of nitrogens with zero attached hydrogens (tertiary/aromatic N) is 1. The Bertz CT molecular complexity index is 2390. The van der Waals surface area contributed by atoms with Crippen LogP contribution in [0.15, 0.2) is 128 Å². The average Bonchev–Trinajstić information content (AvgIpc) is 3.52. The Labute approximate surface area is 248 Å². The number of rotatable bonds is 2. The molecule has 8 aromatic rings. The summed E-state index contributed by atoms with van der Waals surface area (Å²) in [5.74, 6) is 0. The highest BCUT2D eigenvalue weighted by atomic mass is 32.1. The van der Waals surface area contributed by atoms with Crippen molar-refractivity contribution in [3.05, 3.63) is 139 Å². The molecule has 198 valence electrons. The minimum Gasteiger partial charge on any atom is -0.256 e. The summed E-state index contributed by atoms with van der Waals surface area (Å²) in [6.07, 6.45) is 1.90. The van der Waals surface area contributed by atoms with Crippen molar-refractivity contribution in [2.24, 2.45) is 0 Å². The molecule has 0 atom stereocenters. The van der Waals surface area contributed by atoms with Gasteiger partial charge in [0.25, 0.3) is 0 Å². The molecule has 0 amide bonds.